The van der Waals surface area contributed by atoms with Crippen LogP contribution in [0, 0.1) is 0 Å². The zero-order chi connectivity index (χ0) is 22.0. The van der Waals surface area contributed by atoms with Gasteiger partial charge in [0.15, 0.2) is 0 Å². The summed E-state index contributed by atoms with van der Waals surface area (Å²) in [7, 11) is 0. The van der Waals surface area contributed by atoms with Crippen molar-refractivity contribution in [2.24, 2.45) is 5.73 Å². The van der Waals surface area contributed by atoms with Crippen LogP contribution in [0.5, 0.6) is 5.75 Å². The smallest absolute Gasteiger partial charge is 0.120 e. The third kappa shape index (κ3) is 3.19. The molecule has 1 aromatic heterocycles. The summed E-state index contributed by atoms with van der Waals surface area (Å²) < 4.78 is 2.35. The Bertz CT molecular complexity index is 1230. The Kier molecular flexibility index (Phi) is 5.26. The maximum atomic E-state index is 10.2. The molecule has 5 rings (SSSR count). The van der Waals surface area contributed by atoms with Gasteiger partial charge in [-0.1, -0.05) is 91.0 Å². The molecule has 0 bridgehead atoms. The maximum absolute atomic E-state index is 10.2. The van der Waals surface area contributed by atoms with Gasteiger partial charge in [0, 0.05) is 17.1 Å². The van der Waals surface area contributed by atoms with E-state index < -0.39 is 5.54 Å². The predicted molar refractivity (Wildman–Crippen MR) is 131 cm³/mol. The summed E-state index contributed by atoms with van der Waals surface area (Å²) in [5.41, 5.74) is 11.1. The summed E-state index contributed by atoms with van der Waals surface area (Å²) in [5, 5.41) is 11.3. The van der Waals surface area contributed by atoms with Gasteiger partial charge in [0.05, 0.1) is 0 Å². The van der Waals surface area contributed by atoms with Crippen LogP contribution >= 0.6 is 0 Å². The molecule has 0 fully saturated rings. The van der Waals surface area contributed by atoms with Crippen LogP contribution in [-0.2, 0) is 12.0 Å². The highest BCUT2D eigenvalue weighted by Crippen LogP contribution is 2.44. The van der Waals surface area contributed by atoms with E-state index in [1.165, 1.54) is 16.7 Å². The molecule has 0 aliphatic rings. The normalized spacial score (nSPS) is 11.7. The molecule has 0 saturated heterocycles. The standard InChI is InChI=1S/C29H26N2O/c30-19-18-22-21-31(28-17-16-26(32)20-27(22)28)29(23-10-4-1-5-11-23,24-12-6-2-7-13-24)25-14-8-3-9-15-25/h1-17,20-21,32H,18-19,30H2. The minimum Gasteiger partial charge on any atom is -0.508 e. The molecule has 0 amide bonds. The van der Waals surface area contributed by atoms with Crippen molar-refractivity contribution in [3.05, 3.63) is 138 Å². The number of benzene rings is 4. The number of hydrogen-bond donors (Lipinski definition) is 2. The fourth-order valence-electron chi connectivity index (χ4n) is 4.87. The first-order chi connectivity index (χ1) is 15.7. The van der Waals surface area contributed by atoms with Gasteiger partial charge in [0.1, 0.15) is 11.3 Å². The first kappa shape index (κ1) is 20.1. The second kappa shape index (κ2) is 8.37. The van der Waals surface area contributed by atoms with E-state index in [1.54, 1.807) is 6.07 Å². The van der Waals surface area contributed by atoms with Gasteiger partial charge in [0.25, 0.3) is 0 Å². The molecule has 0 saturated carbocycles. The van der Waals surface area contributed by atoms with Crippen LogP contribution in [0.15, 0.2) is 115 Å². The van der Waals surface area contributed by atoms with Gasteiger partial charge in [0.2, 0.25) is 0 Å². The Hall–Kier alpha value is -3.82. The van der Waals surface area contributed by atoms with Crippen molar-refractivity contribution in [1.29, 1.82) is 0 Å². The van der Waals surface area contributed by atoms with Crippen molar-refractivity contribution in [2.45, 2.75) is 12.0 Å². The molecular formula is C29H26N2O. The topological polar surface area (TPSA) is 51.2 Å². The van der Waals surface area contributed by atoms with E-state index in [9.17, 15) is 5.11 Å². The van der Waals surface area contributed by atoms with E-state index >= 15 is 0 Å². The molecule has 0 spiro atoms. The quantitative estimate of drug-likeness (QED) is 0.348. The summed E-state index contributed by atoms with van der Waals surface area (Å²) >= 11 is 0. The molecular weight excluding hydrogens is 392 g/mol. The van der Waals surface area contributed by atoms with E-state index in [1.807, 2.05) is 12.1 Å². The zero-order valence-electron chi connectivity index (χ0n) is 17.9. The lowest BCUT2D eigenvalue weighted by Gasteiger charge is -2.38. The second-order valence-corrected chi connectivity index (χ2v) is 8.07. The fraction of sp³-hybridized carbons (Fsp3) is 0.103. The second-order valence-electron chi connectivity index (χ2n) is 8.07. The number of aromatic nitrogens is 1. The fourth-order valence-corrected chi connectivity index (χ4v) is 4.87. The predicted octanol–water partition coefficient (Wildman–Crippen LogP) is 5.69. The average molecular weight is 419 g/mol. The van der Waals surface area contributed by atoms with Gasteiger partial charge in [-0.05, 0) is 53.4 Å². The summed E-state index contributed by atoms with van der Waals surface area (Å²) in [6.45, 7) is 0.545. The lowest BCUT2D eigenvalue weighted by atomic mass is 9.76. The van der Waals surface area contributed by atoms with Crippen molar-refractivity contribution >= 4 is 10.9 Å². The van der Waals surface area contributed by atoms with Crippen LogP contribution in [0.4, 0.5) is 0 Å². The Balaban J connectivity index is 1.96. The summed E-state index contributed by atoms with van der Waals surface area (Å²) in [6, 6.07) is 37.5. The molecule has 3 heteroatoms. The largest absolute Gasteiger partial charge is 0.508 e. The lowest BCUT2D eigenvalue weighted by Crippen LogP contribution is -2.37. The maximum Gasteiger partial charge on any atom is 0.120 e. The average Bonchev–Trinajstić information content (AvgIpc) is 3.20. The Labute approximate surface area is 188 Å². The van der Waals surface area contributed by atoms with E-state index in [2.05, 4.69) is 102 Å². The van der Waals surface area contributed by atoms with Crippen molar-refractivity contribution in [3.8, 4) is 5.75 Å². The first-order valence-corrected chi connectivity index (χ1v) is 10.9. The minimum absolute atomic E-state index is 0.262. The number of nitrogens with two attached hydrogens (primary N) is 1. The van der Waals surface area contributed by atoms with Crippen LogP contribution in [0.25, 0.3) is 10.9 Å². The van der Waals surface area contributed by atoms with E-state index in [-0.39, 0.29) is 5.75 Å². The Morgan fingerprint density at radius 3 is 1.66 bits per heavy atom. The van der Waals surface area contributed by atoms with Crippen LogP contribution < -0.4 is 5.73 Å². The van der Waals surface area contributed by atoms with Gasteiger partial charge < -0.3 is 15.4 Å². The molecule has 5 aromatic rings. The van der Waals surface area contributed by atoms with Gasteiger partial charge >= 0.3 is 0 Å². The molecule has 158 valence electrons. The molecule has 0 aliphatic heterocycles. The molecule has 3 nitrogen and oxygen atoms in total. The highest BCUT2D eigenvalue weighted by Gasteiger charge is 2.39. The third-order valence-electron chi connectivity index (χ3n) is 6.22. The highest BCUT2D eigenvalue weighted by molar-refractivity contribution is 5.86. The number of nitrogens with zero attached hydrogens (tertiary/aromatic N) is 1. The lowest BCUT2D eigenvalue weighted by molar-refractivity contribution is 0.476. The van der Waals surface area contributed by atoms with Crippen molar-refractivity contribution < 1.29 is 5.11 Å². The molecule has 4 aromatic carbocycles. The zero-order valence-corrected chi connectivity index (χ0v) is 17.9. The summed E-state index contributed by atoms with van der Waals surface area (Å²) in [6.07, 6.45) is 2.95. The molecule has 1 heterocycles. The third-order valence-corrected chi connectivity index (χ3v) is 6.22. The molecule has 0 radical (unpaired) electrons. The van der Waals surface area contributed by atoms with Crippen molar-refractivity contribution in [1.82, 2.24) is 4.57 Å². The number of rotatable bonds is 6. The minimum atomic E-state index is -0.591. The van der Waals surface area contributed by atoms with Gasteiger partial charge in [-0.2, -0.15) is 0 Å². The summed E-state index contributed by atoms with van der Waals surface area (Å²) in [4.78, 5) is 0. The van der Waals surface area contributed by atoms with Crippen LogP contribution in [-0.4, -0.2) is 16.2 Å². The SMILES string of the molecule is NCCc1cn(C(c2ccccc2)(c2ccccc2)c2ccccc2)c2ccc(O)cc12. The van der Waals surface area contributed by atoms with Gasteiger partial charge in [-0.15, -0.1) is 0 Å². The number of phenolic OH excluding ortho intramolecular Hbond substituents is 1. The van der Waals surface area contributed by atoms with Crippen molar-refractivity contribution in [3.63, 3.8) is 0 Å². The molecule has 0 atom stereocenters. The number of aromatic hydroxyl groups is 1. The molecule has 0 aliphatic carbocycles. The highest BCUT2D eigenvalue weighted by atomic mass is 16.3. The van der Waals surface area contributed by atoms with E-state index in [0.717, 1.165) is 22.9 Å². The van der Waals surface area contributed by atoms with Crippen LogP contribution in [0.2, 0.25) is 0 Å². The molecule has 0 unspecified atom stereocenters. The Morgan fingerprint density at radius 1 is 0.688 bits per heavy atom. The number of phenols is 1. The van der Waals surface area contributed by atoms with Gasteiger partial charge in [-0.25, -0.2) is 0 Å². The first-order valence-electron chi connectivity index (χ1n) is 10.9. The van der Waals surface area contributed by atoms with Crippen molar-refractivity contribution in [2.75, 3.05) is 6.54 Å². The number of hydrogen-bond acceptors (Lipinski definition) is 2. The number of fused-ring (bicyclic) bond motifs is 1. The summed E-state index contributed by atoms with van der Waals surface area (Å²) in [5.74, 6) is 0.262. The monoisotopic (exact) mass is 418 g/mol. The van der Waals surface area contributed by atoms with E-state index in [4.69, 9.17) is 5.73 Å². The molecule has 32 heavy (non-hydrogen) atoms. The molecule has 3 N–H and O–H groups in total. The van der Waals surface area contributed by atoms with E-state index in [0.29, 0.717) is 6.54 Å². The van der Waals surface area contributed by atoms with Crippen LogP contribution in [0.1, 0.15) is 22.3 Å². The van der Waals surface area contributed by atoms with Gasteiger partial charge in [-0.3, -0.25) is 0 Å². The van der Waals surface area contributed by atoms with Crippen LogP contribution in [0.3, 0.4) is 0 Å². The Morgan fingerprint density at radius 2 is 1.19 bits per heavy atom.